The lowest BCUT2D eigenvalue weighted by atomic mass is 10.2. The minimum atomic E-state index is 0.690. The molecule has 2 rings (SSSR count). The van der Waals surface area contributed by atoms with Gasteiger partial charge in [0, 0.05) is 16.5 Å². The molecule has 0 saturated heterocycles. The van der Waals surface area contributed by atoms with E-state index in [1.807, 2.05) is 18.2 Å². The molecule has 0 spiro atoms. The number of halogens is 2. The fourth-order valence-electron chi connectivity index (χ4n) is 1.88. The maximum absolute atomic E-state index is 5.98. The summed E-state index contributed by atoms with van der Waals surface area (Å²) in [6, 6.07) is 5.72. The molecule has 0 aliphatic rings. The molecular weight excluding hydrogens is 340 g/mol. The lowest BCUT2D eigenvalue weighted by molar-refractivity contribution is 0.491. The molecule has 0 bridgehead atoms. The van der Waals surface area contributed by atoms with Crippen molar-refractivity contribution in [3.05, 3.63) is 39.8 Å². The van der Waals surface area contributed by atoms with Crippen LogP contribution in [0.5, 0.6) is 0 Å². The van der Waals surface area contributed by atoms with Gasteiger partial charge in [0.05, 0.1) is 11.2 Å². The molecule has 0 aliphatic heterocycles. The van der Waals surface area contributed by atoms with Crippen LogP contribution in [-0.2, 0) is 6.42 Å². The number of nitrogens with zero attached hydrogens (tertiary/aromatic N) is 1. The summed E-state index contributed by atoms with van der Waals surface area (Å²) in [7, 11) is 0. The quantitative estimate of drug-likeness (QED) is 0.731. The van der Waals surface area contributed by atoms with E-state index >= 15 is 0 Å². The van der Waals surface area contributed by atoms with E-state index in [2.05, 4.69) is 33.2 Å². The van der Waals surface area contributed by atoms with Crippen molar-refractivity contribution in [3.8, 4) is 11.3 Å². The van der Waals surface area contributed by atoms with Crippen LogP contribution in [0, 0.1) is 0 Å². The van der Waals surface area contributed by atoms with Crippen molar-refractivity contribution in [2.24, 2.45) is 0 Å². The topological polar surface area (TPSA) is 38.1 Å². The zero-order valence-corrected chi connectivity index (χ0v) is 13.8. The Balaban J connectivity index is 1.93. The molecule has 0 atom stereocenters. The van der Waals surface area contributed by atoms with Crippen LogP contribution in [0.3, 0.4) is 0 Å². The third-order valence-electron chi connectivity index (χ3n) is 2.93. The van der Waals surface area contributed by atoms with Crippen molar-refractivity contribution in [2.45, 2.75) is 26.2 Å². The number of rotatable bonds is 7. The Hall–Kier alpha value is -0.840. The van der Waals surface area contributed by atoms with Gasteiger partial charge in [-0.25, -0.2) is 4.98 Å². The van der Waals surface area contributed by atoms with Crippen molar-refractivity contribution in [2.75, 3.05) is 13.1 Å². The fourth-order valence-corrected chi connectivity index (χ4v) is 2.37. The van der Waals surface area contributed by atoms with Gasteiger partial charge in [0.25, 0.3) is 0 Å². The predicted octanol–water partition coefficient (Wildman–Crippen LogP) is 4.69. The molecule has 1 aromatic heterocycles. The maximum Gasteiger partial charge on any atom is 0.194 e. The van der Waals surface area contributed by atoms with Crippen LogP contribution >= 0.6 is 27.5 Å². The van der Waals surface area contributed by atoms with Crippen LogP contribution in [0.1, 0.15) is 25.7 Å². The number of benzene rings is 1. The highest BCUT2D eigenvalue weighted by Gasteiger charge is 2.08. The number of oxazole rings is 1. The van der Waals surface area contributed by atoms with Crippen molar-refractivity contribution in [3.63, 3.8) is 0 Å². The van der Waals surface area contributed by atoms with E-state index in [-0.39, 0.29) is 0 Å². The number of aromatic nitrogens is 1. The molecule has 1 N–H and O–H groups in total. The molecule has 1 aromatic carbocycles. The molecule has 0 saturated carbocycles. The van der Waals surface area contributed by atoms with E-state index in [0.29, 0.717) is 5.02 Å². The Morgan fingerprint density at radius 3 is 2.95 bits per heavy atom. The van der Waals surface area contributed by atoms with Crippen LogP contribution in [0.25, 0.3) is 11.3 Å². The Morgan fingerprint density at radius 2 is 2.20 bits per heavy atom. The minimum absolute atomic E-state index is 0.690. The van der Waals surface area contributed by atoms with Crippen LogP contribution in [-0.4, -0.2) is 18.1 Å². The van der Waals surface area contributed by atoms with Crippen LogP contribution in [0.2, 0.25) is 5.02 Å². The number of hydrogen-bond acceptors (Lipinski definition) is 3. The molecule has 0 aliphatic carbocycles. The summed E-state index contributed by atoms with van der Waals surface area (Å²) in [5, 5.41) is 4.06. The summed E-state index contributed by atoms with van der Waals surface area (Å²) in [5.74, 6) is 1.56. The van der Waals surface area contributed by atoms with E-state index in [4.69, 9.17) is 16.0 Å². The first kappa shape index (κ1) is 15.5. The lowest BCUT2D eigenvalue weighted by Gasteiger charge is -2.01. The standard InChI is InChI=1S/C15H18BrClN2O/c1-2-7-18-8-3-4-15-19-10-14(20-15)11-5-6-13(17)12(16)9-11/h5-6,9-10,18H,2-4,7-8H2,1H3. The van der Waals surface area contributed by atoms with Crippen LogP contribution < -0.4 is 5.32 Å². The summed E-state index contributed by atoms with van der Waals surface area (Å²) >= 11 is 9.40. The van der Waals surface area contributed by atoms with Crippen molar-refractivity contribution < 1.29 is 4.42 Å². The summed E-state index contributed by atoms with van der Waals surface area (Å²) in [6.07, 6.45) is 4.81. The Bertz CT molecular complexity index is 557. The molecule has 20 heavy (non-hydrogen) atoms. The number of nitrogens with one attached hydrogen (secondary N) is 1. The summed E-state index contributed by atoms with van der Waals surface area (Å²) < 4.78 is 6.63. The third kappa shape index (κ3) is 4.33. The second kappa shape index (κ2) is 7.81. The van der Waals surface area contributed by atoms with Crippen molar-refractivity contribution in [1.82, 2.24) is 10.3 Å². The van der Waals surface area contributed by atoms with Gasteiger partial charge in [-0.3, -0.25) is 0 Å². The predicted molar refractivity (Wildman–Crippen MR) is 86.1 cm³/mol. The molecule has 2 aromatic rings. The lowest BCUT2D eigenvalue weighted by Crippen LogP contribution is -2.16. The first-order chi connectivity index (χ1) is 9.70. The Labute approximate surface area is 132 Å². The second-order valence-electron chi connectivity index (χ2n) is 4.60. The first-order valence-corrected chi connectivity index (χ1v) is 7.98. The number of aryl methyl sites for hydroxylation is 1. The average Bonchev–Trinajstić information content (AvgIpc) is 2.90. The molecular formula is C15H18BrClN2O. The zero-order valence-electron chi connectivity index (χ0n) is 11.5. The van der Waals surface area contributed by atoms with Gasteiger partial charge in [-0.05, 0) is 60.1 Å². The van der Waals surface area contributed by atoms with Gasteiger partial charge in [-0.15, -0.1) is 0 Å². The highest BCUT2D eigenvalue weighted by Crippen LogP contribution is 2.29. The molecule has 3 nitrogen and oxygen atoms in total. The molecule has 0 amide bonds. The molecule has 0 fully saturated rings. The van der Waals surface area contributed by atoms with Gasteiger partial charge in [0.2, 0.25) is 0 Å². The monoisotopic (exact) mass is 356 g/mol. The van der Waals surface area contributed by atoms with Gasteiger partial charge >= 0.3 is 0 Å². The van der Waals surface area contributed by atoms with Gasteiger partial charge in [-0.2, -0.15) is 0 Å². The molecule has 5 heteroatoms. The van der Waals surface area contributed by atoms with E-state index in [1.54, 1.807) is 6.20 Å². The summed E-state index contributed by atoms with van der Waals surface area (Å²) in [4.78, 5) is 4.32. The molecule has 108 valence electrons. The third-order valence-corrected chi connectivity index (χ3v) is 4.14. The van der Waals surface area contributed by atoms with E-state index in [1.165, 1.54) is 0 Å². The maximum atomic E-state index is 5.98. The fraction of sp³-hybridized carbons (Fsp3) is 0.400. The Morgan fingerprint density at radius 1 is 1.35 bits per heavy atom. The van der Waals surface area contributed by atoms with Gasteiger partial charge in [0.15, 0.2) is 11.7 Å². The van der Waals surface area contributed by atoms with Gasteiger partial charge in [0.1, 0.15) is 0 Å². The van der Waals surface area contributed by atoms with Crippen LogP contribution in [0.4, 0.5) is 0 Å². The Kier molecular flexibility index (Phi) is 6.07. The van der Waals surface area contributed by atoms with Gasteiger partial charge in [-0.1, -0.05) is 18.5 Å². The van der Waals surface area contributed by atoms with Crippen molar-refractivity contribution >= 4 is 27.5 Å². The van der Waals surface area contributed by atoms with Gasteiger partial charge < -0.3 is 9.73 Å². The summed E-state index contributed by atoms with van der Waals surface area (Å²) in [5.41, 5.74) is 0.976. The highest BCUT2D eigenvalue weighted by molar-refractivity contribution is 9.10. The highest BCUT2D eigenvalue weighted by atomic mass is 79.9. The second-order valence-corrected chi connectivity index (χ2v) is 5.86. The molecule has 0 radical (unpaired) electrons. The SMILES string of the molecule is CCCNCCCc1ncc(-c2ccc(Cl)c(Br)c2)o1. The van der Waals surface area contributed by atoms with Crippen molar-refractivity contribution in [1.29, 1.82) is 0 Å². The molecule has 1 heterocycles. The normalized spacial score (nSPS) is 10.9. The summed E-state index contributed by atoms with van der Waals surface area (Å²) in [6.45, 7) is 4.23. The van der Waals surface area contributed by atoms with Crippen LogP contribution in [0.15, 0.2) is 33.3 Å². The zero-order chi connectivity index (χ0) is 14.4. The first-order valence-electron chi connectivity index (χ1n) is 6.81. The number of hydrogen-bond donors (Lipinski definition) is 1. The van der Waals surface area contributed by atoms with E-state index in [0.717, 1.165) is 54.0 Å². The molecule has 0 unspecified atom stereocenters. The average molecular weight is 358 g/mol. The smallest absolute Gasteiger partial charge is 0.194 e. The minimum Gasteiger partial charge on any atom is -0.441 e. The largest absolute Gasteiger partial charge is 0.441 e. The van der Waals surface area contributed by atoms with E-state index < -0.39 is 0 Å². The van der Waals surface area contributed by atoms with E-state index in [9.17, 15) is 0 Å².